The van der Waals surface area contributed by atoms with Crippen molar-refractivity contribution >= 4 is 17.5 Å². The van der Waals surface area contributed by atoms with Crippen molar-refractivity contribution in [3.8, 4) is 0 Å². The fourth-order valence-corrected chi connectivity index (χ4v) is 2.58. The van der Waals surface area contributed by atoms with Crippen LogP contribution in [0, 0.1) is 11.8 Å². The number of amides is 2. The zero-order chi connectivity index (χ0) is 16.7. The number of benzene rings is 1. The van der Waals surface area contributed by atoms with Crippen molar-refractivity contribution in [1.29, 1.82) is 0 Å². The van der Waals surface area contributed by atoms with Crippen LogP contribution in [-0.2, 0) is 16.1 Å². The van der Waals surface area contributed by atoms with Crippen LogP contribution in [0.3, 0.4) is 0 Å². The number of rotatable bonds is 6. The molecule has 0 aliphatic heterocycles. The number of hydrogen-bond acceptors (Lipinski definition) is 2. The number of carbonyl (C=O) groups is 2. The fraction of sp³-hybridized carbons (Fsp3) is 0.474. The molecule has 1 aliphatic rings. The van der Waals surface area contributed by atoms with E-state index in [0.717, 1.165) is 36.9 Å². The molecule has 0 saturated heterocycles. The van der Waals surface area contributed by atoms with E-state index in [1.165, 1.54) is 0 Å². The highest BCUT2D eigenvalue weighted by Gasteiger charge is 2.18. The Morgan fingerprint density at radius 2 is 2.13 bits per heavy atom. The van der Waals surface area contributed by atoms with E-state index in [1.807, 2.05) is 38.1 Å². The van der Waals surface area contributed by atoms with Gasteiger partial charge in [0.05, 0.1) is 0 Å². The zero-order valence-electron chi connectivity index (χ0n) is 14.0. The van der Waals surface area contributed by atoms with E-state index >= 15 is 0 Å². The van der Waals surface area contributed by atoms with E-state index < -0.39 is 0 Å². The lowest BCUT2D eigenvalue weighted by Gasteiger charge is -2.17. The summed E-state index contributed by atoms with van der Waals surface area (Å²) in [6, 6.07) is 7.65. The molecule has 0 unspecified atom stereocenters. The standard InChI is InChI=1S/C19H26N2O2/c1-3-14(2)18(22)21-17-11-7-8-15(12-17)13-20-19(23)16-9-5-4-6-10-16/h4-5,7-8,11-12,14,16H,3,6,9-10,13H2,1-2H3,(H,20,23)(H,21,22)/t14-,16-/m1/s1. The molecule has 4 heteroatoms. The summed E-state index contributed by atoms with van der Waals surface area (Å²) in [5.41, 5.74) is 1.77. The maximum absolute atomic E-state index is 12.1. The normalized spacial score (nSPS) is 18.3. The van der Waals surface area contributed by atoms with Crippen molar-refractivity contribution in [2.45, 2.75) is 46.1 Å². The molecule has 0 heterocycles. The SMILES string of the molecule is CC[C@@H](C)C(=O)Nc1cccc(CNC(=O)[C@@H]2CC=CCC2)c1. The third-order valence-electron chi connectivity index (χ3n) is 4.36. The molecule has 2 amide bonds. The highest BCUT2D eigenvalue weighted by atomic mass is 16.2. The molecule has 124 valence electrons. The molecule has 0 saturated carbocycles. The first-order valence-corrected chi connectivity index (χ1v) is 8.42. The van der Waals surface area contributed by atoms with Crippen molar-refractivity contribution in [3.63, 3.8) is 0 Å². The zero-order valence-corrected chi connectivity index (χ0v) is 14.0. The lowest BCUT2D eigenvalue weighted by Crippen LogP contribution is -2.30. The van der Waals surface area contributed by atoms with E-state index in [4.69, 9.17) is 0 Å². The number of nitrogens with one attached hydrogen (secondary N) is 2. The first kappa shape index (κ1) is 17.3. The van der Waals surface area contributed by atoms with Crippen LogP contribution in [0.15, 0.2) is 36.4 Å². The average Bonchev–Trinajstić information content (AvgIpc) is 2.60. The molecule has 1 aromatic rings. The predicted octanol–water partition coefficient (Wildman–Crippen LogP) is 3.64. The molecule has 0 spiro atoms. The molecule has 0 radical (unpaired) electrons. The number of hydrogen-bond donors (Lipinski definition) is 2. The first-order valence-electron chi connectivity index (χ1n) is 8.42. The summed E-state index contributed by atoms with van der Waals surface area (Å²) >= 11 is 0. The van der Waals surface area contributed by atoms with Crippen molar-refractivity contribution in [1.82, 2.24) is 5.32 Å². The molecular formula is C19H26N2O2. The Balaban J connectivity index is 1.88. The molecule has 0 bridgehead atoms. The molecule has 0 fully saturated rings. The minimum Gasteiger partial charge on any atom is -0.352 e. The third kappa shape index (κ3) is 5.23. The van der Waals surface area contributed by atoms with Crippen LogP contribution in [0.2, 0.25) is 0 Å². The summed E-state index contributed by atoms with van der Waals surface area (Å²) in [6.45, 7) is 4.40. The van der Waals surface area contributed by atoms with E-state index in [9.17, 15) is 9.59 Å². The molecule has 0 aromatic heterocycles. The van der Waals surface area contributed by atoms with Gasteiger partial charge in [0.2, 0.25) is 11.8 Å². The first-order chi connectivity index (χ1) is 11.1. The highest BCUT2D eigenvalue weighted by Crippen LogP contribution is 2.18. The van der Waals surface area contributed by atoms with Gasteiger partial charge in [0.15, 0.2) is 0 Å². The van der Waals surface area contributed by atoms with Gasteiger partial charge in [-0.2, -0.15) is 0 Å². The minimum atomic E-state index is -0.00212. The van der Waals surface area contributed by atoms with Crippen LogP contribution in [0.25, 0.3) is 0 Å². The van der Waals surface area contributed by atoms with E-state index in [0.29, 0.717) is 6.54 Å². The molecule has 2 atom stereocenters. The molecule has 1 aromatic carbocycles. The second-order valence-corrected chi connectivity index (χ2v) is 6.20. The monoisotopic (exact) mass is 314 g/mol. The minimum absolute atomic E-state index is 0.00212. The van der Waals surface area contributed by atoms with Crippen LogP contribution < -0.4 is 10.6 Å². The largest absolute Gasteiger partial charge is 0.352 e. The van der Waals surface area contributed by atoms with Crippen LogP contribution >= 0.6 is 0 Å². The Kier molecular flexibility index (Phi) is 6.39. The van der Waals surface area contributed by atoms with Crippen molar-refractivity contribution in [3.05, 3.63) is 42.0 Å². The molecule has 2 rings (SSSR count). The average molecular weight is 314 g/mol. The van der Waals surface area contributed by atoms with E-state index in [2.05, 4.69) is 22.8 Å². The van der Waals surface area contributed by atoms with E-state index in [-0.39, 0.29) is 23.7 Å². The molecule has 2 N–H and O–H groups in total. The third-order valence-corrected chi connectivity index (χ3v) is 4.36. The lowest BCUT2D eigenvalue weighted by atomic mass is 9.93. The Labute approximate surface area is 138 Å². The van der Waals surface area contributed by atoms with Crippen molar-refractivity contribution in [2.24, 2.45) is 11.8 Å². The summed E-state index contributed by atoms with van der Waals surface area (Å²) in [5, 5.41) is 5.92. The van der Waals surface area contributed by atoms with Gasteiger partial charge in [-0.1, -0.05) is 38.1 Å². The Bertz CT molecular complexity index is 580. The second kappa shape index (κ2) is 8.51. The predicted molar refractivity (Wildman–Crippen MR) is 92.9 cm³/mol. The second-order valence-electron chi connectivity index (χ2n) is 6.20. The van der Waals surface area contributed by atoms with Gasteiger partial charge in [0, 0.05) is 24.1 Å². The Morgan fingerprint density at radius 1 is 1.30 bits per heavy atom. The molecular weight excluding hydrogens is 288 g/mol. The summed E-state index contributed by atoms with van der Waals surface area (Å²) < 4.78 is 0. The molecule has 4 nitrogen and oxygen atoms in total. The fourth-order valence-electron chi connectivity index (χ4n) is 2.58. The Hall–Kier alpha value is -2.10. The smallest absolute Gasteiger partial charge is 0.227 e. The summed E-state index contributed by atoms with van der Waals surface area (Å²) in [5.74, 6) is 0.233. The summed E-state index contributed by atoms with van der Waals surface area (Å²) in [4.78, 5) is 24.1. The van der Waals surface area contributed by atoms with Crippen LogP contribution in [0.5, 0.6) is 0 Å². The summed E-state index contributed by atoms with van der Waals surface area (Å²) in [6.07, 6.45) is 7.77. The quantitative estimate of drug-likeness (QED) is 0.788. The van der Waals surface area contributed by atoms with Gasteiger partial charge in [-0.05, 0) is 43.4 Å². The summed E-state index contributed by atoms with van der Waals surface area (Å²) in [7, 11) is 0. The molecule has 23 heavy (non-hydrogen) atoms. The number of carbonyl (C=O) groups excluding carboxylic acids is 2. The van der Waals surface area contributed by atoms with Gasteiger partial charge in [-0.15, -0.1) is 0 Å². The lowest BCUT2D eigenvalue weighted by molar-refractivity contribution is -0.125. The maximum Gasteiger partial charge on any atom is 0.227 e. The van der Waals surface area contributed by atoms with Gasteiger partial charge in [0.1, 0.15) is 0 Å². The van der Waals surface area contributed by atoms with Gasteiger partial charge in [-0.25, -0.2) is 0 Å². The van der Waals surface area contributed by atoms with Crippen molar-refractivity contribution in [2.75, 3.05) is 5.32 Å². The van der Waals surface area contributed by atoms with Gasteiger partial charge < -0.3 is 10.6 Å². The van der Waals surface area contributed by atoms with Crippen LogP contribution in [0.4, 0.5) is 5.69 Å². The number of anilines is 1. The van der Waals surface area contributed by atoms with Gasteiger partial charge >= 0.3 is 0 Å². The van der Waals surface area contributed by atoms with E-state index in [1.54, 1.807) is 0 Å². The van der Waals surface area contributed by atoms with Gasteiger partial charge in [0.25, 0.3) is 0 Å². The van der Waals surface area contributed by atoms with Crippen LogP contribution in [0.1, 0.15) is 45.1 Å². The highest BCUT2D eigenvalue weighted by molar-refractivity contribution is 5.92. The Morgan fingerprint density at radius 3 is 2.83 bits per heavy atom. The number of allylic oxidation sites excluding steroid dienone is 2. The van der Waals surface area contributed by atoms with Gasteiger partial charge in [-0.3, -0.25) is 9.59 Å². The topological polar surface area (TPSA) is 58.2 Å². The molecule has 1 aliphatic carbocycles. The van der Waals surface area contributed by atoms with Crippen molar-refractivity contribution < 1.29 is 9.59 Å². The maximum atomic E-state index is 12.1. The van der Waals surface area contributed by atoms with Crippen LogP contribution in [-0.4, -0.2) is 11.8 Å².